The fourth-order valence-electron chi connectivity index (χ4n) is 2.75. The van der Waals surface area contributed by atoms with Gasteiger partial charge in [0.25, 0.3) is 11.8 Å². The number of nitrogen functional groups attached to an aromatic ring is 1. The number of aromatic nitrogens is 1. The molecular weight excluding hydrogens is 382 g/mol. The first-order valence-corrected chi connectivity index (χ1v) is 9.25. The lowest BCUT2D eigenvalue weighted by Crippen LogP contribution is -2.72. The highest BCUT2D eigenvalue weighted by atomic mass is 32.2. The zero-order valence-electron chi connectivity index (χ0n) is 13.8. The molecule has 12 heteroatoms. The van der Waals surface area contributed by atoms with Crippen LogP contribution in [0, 0.1) is 0 Å². The zero-order chi connectivity index (χ0) is 19.0. The molecule has 2 atom stereocenters. The minimum absolute atomic E-state index is 0.0418. The molecule has 26 heavy (non-hydrogen) atoms. The van der Waals surface area contributed by atoms with E-state index in [0.29, 0.717) is 10.7 Å². The molecule has 0 bridgehead atoms. The van der Waals surface area contributed by atoms with Crippen LogP contribution in [0.5, 0.6) is 0 Å². The summed E-state index contributed by atoms with van der Waals surface area (Å²) in [6, 6.07) is -1.27. The summed E-state index contributed by atoms with van der Waals surface area (Å²) < 4.78 is 0. The zero-order valence-corrected chi connectivity index (χ0v) is 15.4. The summed E-state index contributed by atoms with van der Waals surface area (Å²) in [6.07, 6.45) is 0. The van der Waals surface area contributed by atoms with E-state index in [1.807, 2.05) is 0 Å². The van der Waals surface area contributed by atoms with E-state index >= 15 is 0 Å². The van der Waals surface area contributed by atoms with E-state index in [-0.39, 0.29) is 22.2 Å². The maximum atomic E-state index is 12.5. The average molecular weight is 397 g/mol. The first-order chi connectivity index (χ1) is 12.3. The van der Waals surface area contributed by atoms with E-state index in [0.717, 1.165) is 11.3 Å². The van der Waals surface area contributed by atoms with Crippen LogP contribution in [0.4, 0.5) is 5.13 Å². The van der Waals surface area contributed by atoms with Gasteiger partial charge in [-0.1, -0.05) is 5.16 Å². The number of nitrogens with zero attached hydrogens (tertiary/aromatic N) is 3. The molecular formula is C14H15N5O5S2. The SMILES string of the molecule is CON=C(C(=O)NC1C(=O)N2C(C(=O)O)=C(C)SCC12)c1csc(N)n1. The number of carboxylic acid groups (broad SMARTS) is 1. The summed E-state index contributed by atoms with van der Waals surface area (Å²) in [7, 11) is 1.28. The van der Waals surface area contributed by atoms with Crippen LogP contribution in [0.15, 0.2) is 21.1 Å². The van der Waals surface area contributed by atoms with Crippen LogP contribution in [0.3, 0.4) is 0 Å². The highest BCUT2D eigenvalue weighted by Crippen LogP contribution is 2.38. The molecule has 3 heterocycles. The van der Waals surface area contributed by atoms with Crippen molar-refractivity contribution >= 4 is 51.7 Å². The summed E-state index contributed by atoms with van der Waals surface area (Å²) in [4.78, 5) is 46.8. The summed E-state index contributed by atoms with van der Waals surface area (Å²) in [6.45, 7) is 1.65. The van der Waals surface area contributed by atoms with Crippen molar-refractivity contribution in [2.75, 3.05) is 18.6 Å². The van der Waals surface area contributed by atoms with Gasteiger partial charge in [0.2, 0.25) is 0 Å². The predicted octanol–water partition coefficient (Wildman–Crippen LogP) is -0.166. The van der Waals surface area contributed by atoms with Crippen LogP contribution in [-0.4, -0.2) is 63.4 Å². The van der Waals surface area contributed by atoms with Gasteiger partial charge in [0.1, 0.15) is 24.5 Å². The van der Waals surface area contributed by atoms with E-state index < -0.39 is 29.9 Å². The van der Waals surface area contributed by atoms with Gasteiger partial charge in [0.05, 0.1) is 6.04 Å². The molecule has 2 amide bonds. The molecule has 0 saturated carbocycles. The lowest BCUT2D eigenvalue weighted by atomic mass is 9.94. The minimum Gasteiger partial charge on any atom is -0.477 e. The quantitative estimate of drug-likeness (QED) is 0.353. The van der Waals surface area contributed by atoms with Crippen molar-refractivity contribution in [2.45, 2.75) is 19.0 Å². The Hall–Kier alpha value is -2.60. The third-order valence-corrected chi connectivity index (χ3v) is 5.72. The van der Waals surface area contributed by atoms with Gasteiger partial charge in [-0.25, -0.2) is 9.78 Å². The number of hydrogen-bond donors (Lipinski definition) is 3. The Morgan fingerprint density at radius 1 is 1.54 bits per heavy atom. The van der Waals surface area contributed by atoms with Crippen molar-refractivity contribution in [3.8, 4) is 0 Å². The Bertz CT molecular complexity index is 849. The highest BCUT2D eigenvalue weighted by molar-refractivity contribution is 8.03. The Kier molecular flexibility index (Phi) is 4.87. The largest absolute Gasteiger partial charge is 0.477 e. The Labute approximate surface area is 156 Å². The summed E-state index contributed by atoms with van der Waals surface area (Å²) in [5.41, 5.74) is 5.65. The van der Waals surface area contributed by atoms with Crippen molar-refractivity contribution in [2.24, 2.45) is 5.16 Å². The molecule has 2 unspecified atom stereocenters. The van der Waals surface area contributed by atoms with Crippen molar-refractivity contribution in [3.05, 3.63) is 21.7 Å². The number of carbonyl (C=O) groups is 3. The molecule has 2 aliphatic heterocycles. The number of thiazole rings is 1. The maximum Gasteiger partial charge on any atom is 0.353 e. The van der Waals surface area contributed by atoms with Crippen LogP contribution in [0.2, 0.25) is 0 Å². The molecule has 0 spiro atoms. The lowest BCUT2D eigenvalue weighted by molar-refractivity contribution is -0.153. The molecule has 1 aromatic rings. The topological polar surface area (TPSA) is 147 Å². The molecule has 1 aromatic heterocycles. The van der Waals surface area contributed by atoms with Crippen LogP contribution in [0.1, 0.15) is 12.6 Å². The van der Waals surface area contributed by atoms with Gasteiger partial charge < -0.3 is 21.0 Å². The van der Waals surface area contributed by atoms with Crippen molar-refractivity contribution in [3.63, 3.8) is 0 Å². The number of thioether (sulfide) groups is 1. The van der Waals surface area contributed by atoms with Gasteiger partial charge >= 0.3 is 5.97 Å². The summed E-state index contributed by atoms with van der Waals surface area (Å²) >= 11 is 2.48. The van der Waals surface area contributed by atoms with Crippen LogP contribution >= 0.6 is 23.1 Å². The molecule has 10 nitrogen and oxygen atoms in total. The Balaban J connectivity index is 1.78. The van der Waals surface area contributed by atoms with Crippen molar-refractivity contribution < 1.29 is 24.3 Å². The number of nitrogens with one attached hydrogen (secondary N) is 1. The number of carbonyl (C=O) groups excluding carboxylic acids is 2. The number of β-lactam (4-membered cyclic amide) rings is 1. The number of carboxylic acids is 1. The van der Waals surface area contributed by atoms with Gasteiger partial charge in [-0.3, -0.25) is 14.5 Å². The molecule has 1 fully saturated rings. The van der Waals surface area contributed by atoms with E-state index in [1.165, 1.54) is 23.8 Å². The number of oxime groups is 1. The van der Waals surface area contributed by atoms with Gasteiger partial charge in [0.15, 0.2) is 10.8 Å². The fraction of sp³-hybridized carbons (Fsp3) is 0.357. The second-order valence-electron chi connectivity index (χ2n) is 5.44. The molecule has 0 aromatic carbocycles. The summed E-state index contributed by atoms with van der Waals surface area (Å²) in [5.74, 6) is -1.81. The van der Waals surface area contributed by atoms with Gasteiger partial charge in [-0.2, -0.15) is 0 Å². The molecule has 4 N–H and O–H groups in total. The number of allylic oxidation sites excluding steroid dienone is 1. The molecule has 0 radical (unpaired) electrons. The van der Waals surface area contributed by atoms with E-state index in [2.05, 4.69) is 20.3 Å². The molecule has 3 rings (SSSR count). The monoisotopic (exact) mass is 397 g/mol. The number of amides is 2. The molecule has 138 valence electrons. The summed E-state index contributed by atoms with van der Waals surface area (Å²) in [5, 5.41) is 17.4. The van der Waals surface area contributed by atoms with Gasteiger partial charge in [-0.15, -0.1) is 23.1 Å². The van der Waals surface area contributed by atoms with E-state index in [9.17, 15) is 19.5 Å². The first-order valence-electron chi connectivity index (χ1n) is 7.38. The molecule has 0 aliphatic carbocycles. The number of rotatable bonds is 5. The third-order valence-electron chi connectivity index (χ3n) is 3.92. The van der Waals surface area contributed by atoms with Crippen molar-refractivity contribution in [1.82, 2.24) is 15.2 Å². The smallest absolute Gasteiger partial charge is 0.353 e. The first kappa shape index (κ1) is 18.2. The minimum atomic E-state index is -1.17. The Morgan fingerprint density at radius 3 is 2.85 bits per heavy atom. The predicted molar refractivity (Wildman–Crippen MR) is 95.4 cm³/mol. The second kappa shape index (κ2) is 6.96. The van der Waals surface area contributed by atoms with E-state index in [4.69, 9.17) is 5.73 Å². The Morgan fingerprint density at radius 2 is 2.27 bits per heavy atom. The van der Waals surface area contributed by atoms with Crippen LogP contribution in [-0.2, 0) is 19.2 Å². The number of hydrogen-bond acceptors (Lipinski definition) is 9. The standard InChI is InChI=1S/C14H15N5O5S2/c1-5-10(13(22)23)19-7(4-25-5)9(12(19)21)17-11(20)8(18-24-2)6-3-26-14(15)16-6/h3,7,9H,4H2,1-2H3,(H2,15,16)(H,17,20)(H,22,23). The number of nitrogens with two attached hydrogens (primary N) is 1. The second-order valence-corrected chi connectivity index (χ2v) is 7.57. The molecule has 1 saturated heterocycles. The highest BCUT2D eigenvalue weighted by Gasteiger charge is 2.53. The normalized spacial score (nSPS) is 22.6. The third kappa shape index (κ3) is 3.01. The van der Waals surface area contributed by atoms with Crippen molar-refractivity contribution in [1.29, 1.82) is 0 Å². The van der Waals surface area contributed by atoms with E-state index in [1.54, 1.807) is 12.3 Å². The van der Waals surface area contributed by atoms with Gasteiger partial charge in [0, 0.05) is 16.0 Å². The van der Waals surface area contributed by atoms with Gasteiger partial charge in [-0.05, 0) is 6.92 Å². The molecule has 2 aliphatic rings. The average Bonchev–Trinajstić information content (AvgIpc) is 3.02. The lowest BCUT2D eigenvalue weighted by Gasteiger charge is -2.49. The van der Waals surface area contributed by atoms with Crippen LogP contribution in [0.25, 0.3) is 0 Å². The fourth-order valence-corrected chi connectivity index (χ4v) is 4.39. The number of anilines is 1. The number of fused-ring (bicyclic) bond motifs is 1. The maximum absolute atomic E-state index is 12.5. The van der Waals surface area contributed by atoms with Crippen LogP contribution < -0.4 is 11.1 Å². The number of aliphatic carboxylic acids is 1.